The summed E-state index contributed by atoms with van der Waals surface area (Å²) in [5, 5.41) is 3.22. The van der Waals surface area contributed by atoms with Crippen LogP contribution in [0.3, 0.4) is 0 Å². The molecule has 0 saturated heterocycles. The Kier molecular flexibility index (Phi) is 8.21. The number of pyridine rings is 2. The number of halogens is 4. The summed E-state index contributed by atoms with van der Waals surface area (Å²) in [6.07, 6.45) is -1.49. The molecular formula is C31H27F4N5O. The van der Waals surface area contributed by atoms with Gasteiger partial charge in [0, 0.05) is 48.6 Å². The number of alkyl halides is 3. The zero-order valence-corrected chi connectivity index (χ0v) is 22.0. The highest BCUT2D eigenvalue weighted by Crippen LogP contribution is 2.31. The maximum atomic E-state index is 13.4. The molecule has 1 aliphatic heterocycles. The molecule has 41 heavy (non-hydrogen) atoms. The lowest BCUT2D eigenvalue weighted by molar-refractivity contribution is -0.137. The van der Waals surface area contributed by atoms with Gasteiger partial charge in [-0.1, -0.05) is 36.4 Å². The molecule has 0 aliphatic carbocycles. The van der Waals surface area contributed by atoms with E-state index in [0.29, 0.717) is 31.6 Å². The van der Waals surface area contributed by atoms with Gasteiger partial charge < -0.3 is 11.1 Å². The van der Waals surface area contributed by atoms with Gasteiger partial charge in [-0.15, -0.1) is 0 Å². The third-order valence-corrected chi connectivity index (χ3v) is 6.86. The molecule has 2 aromatic carbocycles. The molecule has 0 saturated carbocycles. The van der Waals surface area contributed by atoms with E-state index in [9.17, 15) is 22.4 Å². The summed E-state index contributed by atoms with van der Waals surface area (Å²) in [6.45, 7) is 1.63. The highest BCUT2D eigenvalue weighted by molar-refractivity contribution is 6.02. The van der Waals surface area contributed by atoms with Gasteiger partial charge in [-0.25, -0.2) is 4.39 Å². The fraction of sp³-hybridized carbons (Fsp3) is 0.226. The lowest BCUT2D eigenvalue weighted by Gasteiger charge is -2.13. The van der Waals surface area contributed by atoms with E-state index < -0.39 is 23.3 Å². The number of nitrogens with two attached hydrogens (primary N) is 1. The van der Waals surface area contributed by atoms with Crippen molar-refractivity contribution >= 4 is 11.6 Å². The average molecular weight is 562 g/mol. The number of ketones is 1. The maximum absolute atomic E-state index is 13.4. The number of nitrogens with zero attached hydrogens (tertiary/aromatic N) is 3. The predicted octanol–water partition coefficient (Wildman–Crippen LogP) is 5.32. The number of aromatic nitrogens is 2. The number of carbonyl (C=O) groups is 1. The molecule has 0 radical (unpaired) electrons. The number of fused-ring (bicyclic) bond motifs is 1. The number of amidine groups is 1. The number of benzene rings is 2. The second kappa shape index (κ2) is 12.0. The Morgan fingerprint density at radius 3 is 2.34 bits per heavy atom. The molecule has 0 atom stereocenters. The predicted molar refractivity (Wildman–Crippen MR) is 148 cm³/mol. The number of Topliss-reactive ketones (excluding diaryl/α,β-unsaturated/α-hetero) is 1. The fourth-order valence-corrected chi connectivity index (χ4v) is 4.66. The van der Waals surface area contributed by atoms with Crippen molar-refractivity contribution in [1.82, 2.24) is 15.3 Å². The van der Waals surface area contributed by atoms with Crippen molar-refractivity contribution in [3.63, 3.8) is 0 Å². The van der Waals surface area contributed by atoms with Crippen LogP contribution in [0.2, 0.25) is 0 Å². The summed E-state index contributed by atoms with van der Waals surface area (Å²) < 4.78 is 53.5. The number of carbonyl (C=O) groups excluding carboxylic acids is 1. The van der Waals surface area contributed by atoms with E-state index in [1.165, 1.54) is 24.3 Å². The van der Waals surface area contributed by atoms with E-state index >= 15 is 0 Å². The molecule has 10 heteroatoms. The second-order valence-electron chi connectivity index (χ2n) is 9.74. The van der Waals surface area contributed by atoms with Crippen LogP contribution < -0.4 is 11.1 Å². The highest BCUT2D eigenvalue weighted by atomic mass is 19.4. The van der Waals surface area contributed by atoms with Crippen LogP contribution >= 0.6 is 0 Å². The molecule has 0 spiro atoms. The molecule has 210 valence electrons. The molecule has 0 amide bonds. The molecule has 2 aromatic heterocycles. The minimum atomic E-state index is -4.63. The van der Waals surface area contributed by atoms with E-state index in [4.69, 9.17) is 5.73 Å². The molecular weight excluding hydrogens is 534 g/mol. The maximum Gasteiger partial charge on any atom is 0.417 e. The second-order valence-corrected chi connectivity index (χ2v) is 9.74. The van der Waals surface area contributed by atoms with E-state index in [1.807, 2.05) is 30.3 Å². The third kappa shape index (κ3) is 6.66. The molecule has 5 rings (SSSR count). The SMILES string of the molecule is NCCNC1=NCc2ncc(-c3ccc(CCc4ncc(C(F)(F)F)cc4C(=O)Cc4ccc(F)cc4)cc3)cc21. The van der Waals surface area contributed by atoms with Gasteiger partial charge in [0.25, 0.3) is 0 Å². The normalized spacial score (nSPS) is 12.7. The third-order valence-electron chi connectivity index (χ3n) is 6.86. The molecule has 4 aromatic rings. The number of hydrogen-bond acceptors (Lipinski definition) is 6. The van der Waals surface area contributed by atoms with Gasteiger partial charge in [-0.2, -0.15) is 13.2 Å². The van der Waals surface area contributed by atoms with Crippen molar-refractivity contribution in [1.29, 1.82) is 0 Å². The van der Waals surface area contributed by atoms with E-state index in [2.05, 4.69) is 20.3 Å². The van der Waals surface area contributed by atoms with Gasteiger partial charge in [0.1, 0.15) is 11.7 Å². The molecule has 6 nitrogen and oxygen atoms in total. The molecule has 0 bridgehead atoms. The number of rotatable bonds is 9. The molecule has 1 aliphatic rings. The first kappa shape index (κ1) is 28.1. The van der Waals surface area contributed by atoms with Crippen LogP contribution in [-0.4, -0.2) is 34.7 Å². The van der Waals surface area contributed by atoms with E-state index in [0.717, 1.165) is 46.0 Å². The molecule has 0 fully saturated rings. The van der Waals surface area contributed by atoms with Crippen molar-refractivity contribution < 1.29 is 22.4 Å². The average Bonchev–Trinajstić information content (AvgIpc) is 3.38. The number of aliphatic imine (C=N–C) groups is 1. The Morgan fingerprint density at radius 2 is 1.63 bits per heavy atom. The van der Waals surface area contributed by atoms with Gasteiger partial charge in [0.05, 0.1) is 23.5 Å². The highest BCUT2D eigenvalue weighted by Gasteiger charge is 2.32. The monoisotopic (exact) mass is 561 g/mol. The number of aryl methyl sites for hydroxylation is 2. The van der Waals surface area contributed by atoms with Crippen LogP contribution in [-0.2, 0) is 32.0 Å². The molecule has 0 unspecified atom stereocenters. The minimum Gasteiger partial charge on any atom is -0.369 e. The zero-order chi connectivity index (χ0) is 29.0. The Morgan fingerprint density at radius 1 is 0.902 bits per heavy atom. The summed E-state index contributed by atoms with van der Waals surface area (Å²) in [5.74, 6) is -0.182. The lowest BCUT2D eigenvalue weighted by atomic mass is 9.96. The molecule has 3 heterocycles. The summed E-state index contributed by atoms with van der Waals surface area (Å²) >= 11 is 0. The van der Waals surface area contributed by atoms with E-state index in [1.54, 1.807) is 6.20 Å². The van der Waals surface area contributed by atoms with Crippen LogP contribution in [0.4, 0.5) is 17.6 Å². The van der Waals surface area contributed by atoms with Crippen LogP contribution in [0, 0.1) is 5.82 Å². The smallest absolute Gasteiger partial charge is 0.369 e. The van der Waals surface area contributed by atoms with Gasteiger partial charge >= 0.3 is 6.18 Å². The topological polar surface area (TPSA) is 93.3 Å². The van der Waals surface area contributed by atoms with Crippen molar-refractivity contribution in [2.75, 3.05) is 13.1 Å². The quantitative estimate of drug-likeness (QED) is 0.213. The summed E-state index contributed by atoms with van der Waals surface area (Å²) in [4.78, 5) is 26.1. The van der Waals surface area contributed by atoms with E-state index in [-0.39, 0.29) is 24.1 Å². The Balaban J connectivity index is 1.32. The minimum absolute atomic E-state index is 0.0781. The van der Waals surface area contributed by atoms with Gasteiger partial charge in [0.2, 0.25) is 0 Å². The van der Waals surface area contributed by atoms with Crippen molar-refractivity contribution in [3.8, 4) is 11.1 Å². The molecule has 3 N–H and O–H groups in total. The van der Waals surface area contributed by atoms with Crippen LogP contribution in [0.1, 0.15) is 44.0 Å². The summed E-state index contributed by atoms with van der Waals surface area (Å²) in [7, 11) is 0. The van der Waals surface area contributed by atoms with Crippen LogP contribution in [0.25, 0.3) is 11.1 Å². The zero-order valence-electron chi connectivity index (χ0n) is 22.0. The Bertz CT molecular complexity index is 1580. The van der Waals surface area contributed by atoms with Crippen LogP contribution in [0.5, 0.6) is 0 Å². The first-order valence-corrected chi connectivity index (χ1v) is 13.1. The Hall–Kier alpha value is -4.44. The summed E-state index contributed by atoms with van der Waals surface area (Å²) in [6, 6.07) is 16.0. The van der Waals surface area contributed by atoms with Gasteiger partial charge in [-0.3, -0.25) is 19.8 Å². The summed E-state index contributed by atoms with van der Waals surface area (Å²) in [5.41, 5.74) is 10.00. The largest absolute Gasteiger partial charge is 0.417 e. The first-order valence-electron chi connectivity index (χ1n) is 13.1. The first-order chi connectivity index (χ1) is 19.7. The van der Waals surface area contributed by atoms with Crippen molar-refractivity contribution in [3.05, 3.63) is 118 Å². The number of nitrogens with one attached hydrogen (secondary N) is 1. The lowest BCUT2D eigenvalue weighted by Crippen LogP contribution is -2.29. The van der Waals surface area contributed by atoms with Crippen LogP contribution in [0.15, 0.2) is 78.0 Å². The van der Waals surface area contributed by atoms with Crippen molar-refractivity contribution in [2.24, 2.45) is 10.7 Å². The fourth-order valence-electron chi connectivity index (χ4n) is 4.66. The van der Waals surface area contributed by atoms with Gasteiger partial charge in [-0.05, 0) is 53.8 Å². The standard InChI is InChI=1S/C31H27F4N5O/c32-24-8-3-20(4-9-24)13-29(41)25-15-23(31(33,34)35)17-39-27(25)10-5-19-1-6-21(7-2-19)22-14-26-28(38-16-22)18-40-30(26)37-12-11-36/h1-4,6-9,14-17H,5,10-13,18,36H2,(H,37,40). The number of hydrogen-bond donors (Lipinski definition) is 2. The van der Waals surface area contributed by atoms with Crippen molar-refractivity contribution in [2.45, 2.75) is 32.0 Å². The van der Waals surface area contributed by atoms with Gasteiger partial charge in [0.15, 0.2) is 5.78 Å². The Labute approximate surface area is 234 Å².